The predicted octanol–water partition coefficient (Wildman–Crippen LogP) is 0.557. The maximum absolute atomic E-state index is 11.5. The smallest absolute Gasteiger partial charge is 0.275 e. The van der Waals surface area contributed by atoms with E-state index in [0.717, 1.165) is 12.8 Å². The van der Waals surface area contributed by atoms with Crippen LogP contribution in [0, 0.1) is 5.92 Å². The number of carbonyl (C=O) groups is 1. The third kappa shape index (κ3) is 2.67. The summed E-state index contributed by atoms with van der Waals surface area (Å²) in [6.45, 7) is 4.80. The molecule has 1 fully saturated rings. The molecule has 1 aliphatic heterocycles. The van der Waals surface area contributed by atoms with Crippen LogP contribution in [-0.2, 0) is 9.63 Å². The Morgan fingerprint density at radius 1 is 1.46 bits per heavy atom. The van der Waals surface area contributed by atoms with Crippen LogP contribution in [0.3, 0.4) is 0 Å². The van der Waals surface area contributed by atoms with Gasteiger partial charge in [-0.15, -0.1) is 0 Å². The molecule has 0 radical (unpaired) electrons. The summed E-state index contributed by atoms with van der Waals surface area (Å²) in [4.78, 5) is 16.6. The molecule has 76 valence electrons. The van der Waals surface area contributed by atoms with Crippen LogP contribution in [0.5, 0.6) is 0 Å². The van der Waals surface area contributed by atoms with Gasteiger partial charge in [0.05, 0.1) is 6.61 Å². The summed E-state index contributed by atoms with van der Waals surface area (Å²) in [5.74, 6) is -0.368. The van der Waals surface area contributed by atoms with Crippen molar-refractivity contribution in [1.82, 2.24) is 5.06 Å². The van der Waals surface area contributed by atoms with Gasteiger partial charge in [-0.05, 0) is 18.8 Å². The summed E-state index contributed by atoms with van der Waals surface area (Å²) in [6.07, 6.45) is 1.01. The molecule has 0 aromatic heterocycles. The number of amides is 1. The molecule has 0 saturated carbocycles. The lowest BCUT2D eigenvalue weighted by Gasteiger charge is -2.28. The van der Waals surface area contributed by atoms with Crippen molar-refractivity contribution in [3.05, 3.63) is 0 Å². The molecule has 13 heavy (non-hydrogen) atoms. The van der Waals surface area contributed by atoms with Gasteiger partial charge in [0.1, 0.15) is 6.10 Å². The number of hydroxylamine groups is 2. The molecule has 0 bridgehead atoms. The van der Waals surface area contributed by atoms with Crippen LogP contribution >= 0.6 is 0 Å². The third-order valence-electron chi connectivity index (χ3n) is 2.13. The van der Waals surface area contributed by atoms with Crippen LogP contribution < -0.4 is 0 Å². The van der Waals surface area contributed by atoms with E-state index in [2.05, 4.69) is 0 Å². The zero-order chi connectivity index (χ0) is 9.84. The maximum atomic E-state index is 11.5. The minimum atomic E-state index is -0.932. The summed E-state index contributed by atoms with van der Waals surface area (Å²) in [7, 11) is 0. The summed E-state index contributed by atoms with van der Waals surface area (Å²) in [6, 6.07) is 0. The first-order valence-electron chi connectivity index (χ1n) is 4.75. The predicted molar refractivity (Wildman–Crippen MR) is 47.7 cm³/mol. The first-order chi connectivity index (χ1) is 6.13. The maximum Gasteiger partial charge on any atom is 0.275 e. The lowest BCUT2D eigenvalue weighted by Crippen LogP contribution is -2.43. The molecule has 1 N–H and O–H groups in total. The van der Waals surface area contributed by atoms with Gasteiger partial charge in [0.2, 0.25) is 0 Å². The van der Waals surface area contributed by atoms with Gasteiger partial charge in [-0.3, -0.25) is 9.63 Å². The minimum Gasteiger partial charge on any atom is -0.383 e. The normalized spacial score (nSPS) is 20.5. The molecule has 0 aliphatic carbocycles. The highest BCUT2D eigenvalue weighted by molar-refractivity contribution is 5.79. The third-order valence-corrected chi connectivity index (χ3v) is 2.13. The molecule has 4 nitrogen and oxygen atoms in total. The second-order valence-corrected chi connectivity index (χ2v) is 3.67. The number of rotatable bonds is 2. The topological polar surface area (TPSA) is 49.8 Å². The van der Waals surface area contributed by atoms with E-state index in [-0.39, 0.29) is 11.8 Å². The van der Waals surface area contributed by atoms with Gasteiger partial charge < -0.3 is 5.11 Å². The van der Waals surface area contributed by atoms with E-state index in [1.165, 1.54) is 5.06 Å². The van der Waals surface area contributed by atoms with E-state index >= 15 is 0 Å². The Bertz CT molecular complexity index is 176. The number of carbonyl (C=O) groups excluding carboxylic acids is 1. The fourth-order valence-electron chi connectivity index (χ4n) is 1.20. The fourth-order valence-corrected chi connectivity index (χ4v) is 1.20. The second-order valence-electron chi connectivity index (χ2n) is 3.67. The molecule has 0 aromatic rings. The van der Waals surface area contributed by atoms with Crippen molar-refractivity contribution in [2.75, 3.05) is 13.2 Å². The highest BCUT2D eigenvalue weighted by atomic mass is 16.7. The molecule has 0 aromatic carbocycles. The Morgan fingerprint density at radius 2 is 2.15 bits per heavy atom. The Kier molecular flexibility index (Phi) is 3.69. The van der Waals surface area contributed by atoms with E-state index in [1.54, 1.807) is 0 Å². The van der Waals surface area contributed by atoms with Gasteiger partial charge in [-0.1, -0.05) is 13.8 Å². The number of hydrogen-bond acceptors (Lipinski definition) is 3. The molecule has 1 heterocycles. The van der Waals surface area contributed by atoms with Gasteiger partial charge in [-0.25, -0.2) is 5.06 Å². The van der Waals surface area contributed by atoms with Gasteiger partial charge in [0.15, 0.2) is 0 Å². The Labute approximate surface area is 78.4 Å². The summed E-state index contributed by atoms with van der Waals surface area (Å²) in [5, 5.41) is 10.8. The van der Waals surface area contributed by atoms with Crippen molar-refractivity contribution in [3.8, 4) is 0 Å². The monoisotopic (exact) mass is 187 g/mol. The number of nitrogens with zero attached hydrogens (tertiary/aromatic N) is 1. The second kappa shape index (κ2) is 4.58. The van der Waals surface area contributed by atoms with Crippen molar-refractivity contribution in [2.45, 2.75) is 32.8 Å². The van der Waals surface area contributed by atoms with Crippen molar-refractivity contribution < 1.29 is 14.7 Å². The van der Waals surface area contributed by atoms with Crippen LogP contribution in [0.4, 0.5) is 0 Å². The number of hydrogen-bond donors (Lipinski definition) is 1. The fraction of sp³-hybridized carbons (Fsp3) is 0.889. The first-order valence-corrected chi connectivity index (χ1v) is 4.75. The molecular weight excluding hydrogens is 170 g/mol. The van der Waals surface area contributed by atoms with Crippen molar-refractivity contribution in [2.24, 2.45) is 5.92 Å². The largest absolute Gasteiger partial charge is 0.383 e. The number of aliphatic hydroxyl groups excluding tert-OH is 1. The average Bonchev–Trinajstić information content (AvgIpc) is 2.17. The summed E-state index contributed by atoms with van der Waals surface area (Å²) < 4.78 is 0. The number of aliphatic hydroxyl groups is 1. The quantitative estimate of drug-likeness (QED) is 0.687. The van der Waals surface area contributed by atoms with Crippen LogP contribution in [-0.4, -0.2) is 35.3 Å². The zero-order valence-corrected chi connectivity index (χ0v) is 8.19. The van der Waals surface area contributed by atoms with Gasteiger partial charge in [0.25, 0.3) is 5.91 Å². The molecule has 1 atom stereocenters. The van der Waals surface area contributed by atoms with E-state index < -0.39 is 6.10 Å². The summed E-state index contributed by atoms with van der Waals surface area (Å²) >= 11 is 0. The molecule has 4 heteroatoms. The highest BCUT2D eigenvalue weighted by Crippen LogP contribution is 2.11. The van der Waals surface area contributed by atoms with Crippen LogP contribution in [0.25, 0.3) is 0 Å². The molecule has 1 aliphatic rings. The molecule has 0 unspecified atom stereocenters. The van der Waals surface area contributed by atoms with E-state index in [4.69, 9.17) is 4.84 Å². The average molecular weight is 187 g/mol. The van der Waals surface area contributed by atoms with E-state index in [9.17, 15) is 9.90 Å². The molecule has 1 amide bonds. The van der Waals surface area contributed by atoms with Crippen molar-refractivity contribution in [3.63, 3.8) is 0 Å². The Balaban J connectivity index is 2.45. The highest BCUT2D eigenvalue weighted by Gasteiger charge is 2.26. The first kappa shape index (κ1) is 10.5. The van der Waals surface area contributed by atoms with Crippen LogP contribution in [0.15, 0.2) is 0 Å². The van der Waals surface area contributed by atoms with E-state index in [0.29, 0.717) is 13.2 Å². The van der Waals surface area contributed by atoms with Crippen LogP contribution in [0.1, 0.15) is 26.7 Å². The standard InChI is InChI=1S/C9H17NO3/c1-7(2)8(11)9(12)10-5-3-4-6-13-10/h7-8,11H,3-6H2,1-2H3/t8-/m0/s1. The molecular formula is C9H17NO3. The van der Waals surface area contributed by atoms with Crippen LogP contribution in [0.2, 0.25) is 0 Å². The van der Waals surface area contributed by atoms with Gasteiger partial charge >= 0.3 is 0 Å². The Hall–Kier alpha value is -0.610. The zero-order valence-electron chi connectivity index (χ0n) is 8.19. The Morgan fingerprint density at radius 3 is 2.62 bits per heavy atom. The van der Waals surface area contributed by atoms with Gasteiger partial charge in [-0.2, -0.15) is 0 Å². The van der Waals surface area contributed by atoms with Crippen molar-refractivity contribution >= 4 is 5.91 Å². The molecule has 1 rings (SSSR count). The van der Waals surface area contributed by atoms with E-state index in [1.807, 2.05) is 13.8 Å². The van der Waals surface area contributed by atoms with Gasteiger partial charge in [0, 0.05) is 6.54 Å². The lowest BCUT2D eigenvalue weighted by molar-refractivity contribution is -0.206. The summed E-state index contributed by atoms with van der Waals surface area (Å²) in [5.41, 5.74) is 0. The SMILES string of the molecule is CC(C)[C@H](O)C(=O)N1CCCCO1. The minimum absolute atomic E-state index is 0.0574. The molecule has 0 spiro atoms. The lowest BCUT2D eigenvalue weighted by atomic mass is 10.1. The molecule has 1 saturated heterocycles. The van der Waals surface area contributed by atoms with Crippen molar-refractivity contribution in [1.29, 1.82) is 0 Å².